The van der Waals surface area contributed by atoms with Gasteiger partial charge in [0.05, 0.1) is 10.6 Å². The highest BCUT2D eigenvalue weighted by Gasteiger charge is 2.73. The van der Waals surface area contributed by atoms with Crippen LogP contribution in [0.4, 0.5) is 36.4 Å². The third-order valence-electron chi connectivity index (χ3n) is 4.07. The Hall–Kier alpha value is -1.94. The number of carbonyl (C=O) groups is 1. The smallest absolute Gasteiger partial charge is 0.322 e. The fraction of sp³-hybridized carbons (Fsp3) is 0.278. The molecule has 2 aromatic rings. The van der Waals surface area contributed by atoms with Crippen LogP contribution in [-0.4, -0.2) is 24.5 Å². The van der Waals surface area contributed by atoms with E-state index in [1.54, 1.807) is 12.3 Å². The molecule has 29 heavy (non-hydrogen) atoms. The average Bonchev–Trinajstić information content (AvgIpc) is 2.60. The van der Waals surface area contributed by atoms with Crippen molar-refractivity contribution < 1.29 is 35.5 Å². The van der Waals surface area contributed by atoms with Gasteiger partial charge in [-0.15, -0.1) is 11.8 Å². The van der Waals surface area contributed by atoms with Gasteiger partial charge in [-0.1, -0.05) is 29.8 Å². The topological polar surface area (TPSA) is 29.1 Å². The molecule has 0 atom stereocenters. The maximum absolute atomic E-state index is 14.2. The second-order valence-electron chi connectivity index (χ2n) is 5.96. The van der Waals surface area contributed by atoms with Crippen LogP contribution in [0.15, 0.2) is 41.3 Å². The number of halogens is 8. The van der Waals surface area contributed by atoms with Crippen molar-refractivity contribution in [3.63, 3.8) is 0 Å². The van der Waals surface area contributed by atoms with Gasteiger partial charge in [0, 0.05) is 16.1 Å². The van der Waals surface area contributed by atoms with Crippen molar-refractivity contribution in [1.82, 2.24) is 0 Å². The molecule has 2 nitrogen and oxygen atoms in total. The minimum Gasteiger partial charge on any atom is -0.322 e. The third-order valence-corrected chi connectivity index (χ3v) is 5.34. The van der Waals surface area contributed by atoms with E-state index in [4.69, 9.17) is 11.6 Å². The quantitative estimate of drug-likeness (QED) is 0.397. The van der Waals surface area contributed by atoms with Crippen molar-refractivity contribution in [1.29, 1.82) is 0 Å². The number of benzene rings is 2. The van der Waals surface area contributed by atoms with Crippen LogP contribution in [0.2, 0.25) is 5.02 Å². The molecule has 0 aliphatic carbocycles. The van der Waals surface area contributed by atoms with Gasteiger partial charge in [-0.2, -0.15) is 26.3 Å². The highest BCUT2D eigenvalue weighted by atomic mass is 35.5. The first-order chi connectivity index (χ1) is 13.2. The highest BCUT2D eigenvalue weighted by molar-refractivity contribution is 7.98. The number of amides is 1. The Balaban J connectivity index is 2.43. The predicted molar refractivity (Wildman–Crippen MR) is 97.3 cm³/mol. The van der Waals surface area contributed by atoms with Crippen molar-refractivity contribution in [2.75, 3.05) is 11.6 Å². The molecule has 158 valence electrons. The van der Waals surface area contributed by atoms with E-state index >= 15 is 0 Å². The molecule has 0 aromatic heterocycles. The van der Waals surface area contributed by atoms with Gasteiger partial charge < -0.3 is 5.32 Å². The van der Waals surface area contributed by atoms with E-state index in [2.05, 4.69) is 5.32 Å². The van der Waals surface area contributed by atoms with Gasteiger partial charge in [-0.25, -0.2) is 4.39 Å². The summed E-state index contributed by atoms with van der Waals surface area (Å²) in [5.74, 6) is -0.675. The van der Waals surface area contributed by atoms with Gasteiger partial charge in [0.25, 0.3) is 5.91 Å². The molecule has 0 saturated heterocycles. The summed E-state index contributed by atoms with van der Waals surface area (Å²) in [6, 6.07) is 6.06. The number of thioether (sulfide) groups is 1. The molecule has 11 heteroatoms. The van der Waals surface area contributed by atoms with Gasteiger partial charge in [-0.3, -0.25) is 4.79 Å². The molecule has 1 amide bonds. The number of anilines is 1. The second kappa shape index (κ2) is 8.06. The first kappa shape index (κ1) is 23.3. The number of aryl methyl sites for hydroxylation is 1. The molecule has 2 aromatic carbocycles. The zero-order chi connectivity index (χ0) is 22.2. The number of rotatable bonds is 4. The lowest BCUT2D eigenvalue weighted by Gasteiger charge is -2.30. The summed E-state index contributed by atoms with van der Waals surface area (Å²) >= 11 is 7.19. The Bertz CT molecular complexity index is 913. The Morgan fingerprint density at radius 2 is 1.59 bits per heavy atom. The molecule has 1 N–H and O–H groups in total. The Morgan fingerprint density at radius 1 is 1.00 bits per heavy atom. The van der Waals surface area contributed by atoms with Crippen LogP contribution in [0.1, 0.15) is 21.5 Å². The maximum Gasteiger partial charge on any atom is 0.435 e. The first-order valence-electron chi connectivity index (χ1n) is 7.81. The van der Waals surface area contributed by atoms with Crippen molar-refractivity contribution in [2.45, 2.75) is 29.8 Å². The standard InChI is InChI=1S/C18H13ClF7NOS/c1-9-8-10(16(20,17(21,22)23)18(24,25)26)6-7-13(9)27-15(28)11-4-3-5-12(19)14(11)29-2/h3-8H,1-2H3,(H,27,28). The summed E-state index contributed by atoms with van der Waals surface area (Å²) in [6.07, 6.45) is -10.7. The lowest BCUT2D eigenvalue weighted by Crippen LogP contribution is -2.50. The predicted octanol–water partition coefficient (Wildman–Crippen LogP) is 6.91. The first-order valence-corrected chi connectivity index (χ1v) is 9.41. The van der Waals surface area contributed by atoms with Crippen LogP contribution in [0.25, 0.3) is 0 Å². The minimum absolute atomic E-state index is 0.0718. The van der Waals surface area contributed by atoms with Crippen molar-refractivity contribution in [3.8, 4) is 0 Å². The molecular formula is C18H13ClF7NOS. The van der Waals surface area contributed by atoms with Crippen LogP contribution in [0, 0.1) is 6.92 Å². The minimum atomic E-state index is -6.21. The largest absolute Gasteiger partial charge is 0.435 e. The number of nitrogens with one attached hydrogen (secondary N) is 1. The van der Waals surface area contributed by atoms with Crippen LogP contribution < -0.4 is 5.32 Å². The lowest BCUT2D eigenvalue weighted by atomic mass is 9.92. The Labute approximate surface area is 170 Å². The monoisotopic (exact) mass is 459 g/mol. The lowest BCUT2D eigenvalue weighted by molar-refractivity contribution is -0.348. The molecule has 0 spiro atoms. The van der Waals surface area contributed by atoms with Crippen molar-refractivity contribution >= 4 is 35.0 Å². The molecular weight excluding hydrogens is 447 g/mol. The summed E-state index contributed by atoms with van der Waals surface area (Å²) in [5.41, 5.74) is -7.25. The van der Waals surface area contributed by atoms with E-state index in [1.165, 1.54) is 23.9 Å². The summed E-state index contributed by atoms with van der Waals surface area (Å²) in [4.78, 5) is 12.9. The van der Waals surface area contributed by atoms with Crippen molar-refractivity contribution in [2.24, 2.45) is 0 Å². The molecule has 0 bridgehead atoms. The number of hydrogen-bond acceptors (Lipinski definition) is 2. The summed E-state index contributed by atoms with van der Waals surface area (Å²) in [6.45, 7) is 1.15. The fourth-order valence-electron chi connectivity index (χ4n) is 2.59. The van der Waals surface area contributed by atoms with Crippen LogP contribution in [0.5, 0.6) is 0 Å². The van der Waals surface area contributed by atoms with E-state index < -0.39 is 29.5 Å². The second-order valence-corrected chi connectivity index (χ2v) is 7.18. The number of hydrogen-bond donors (Lipinski definition) is 1. The van der Waals surface area contributed by atoms with Gasteiger partial charge in [0.15, 0.2) is 0 Å². The van der Waals surface area contributed by atoms with E-state index in [-0.39, 0.29) is 16.8 Å². The molecule has 0 fully saturated rings. The molecule has 0 saturated carbocycles. The molecule has 0 aliphatic rings. The number of alkyl halides is 7. The molecule has 0 aliphatic heterocycles. The normalized spacial score (nSPS) is 12.8. The van der Waals surface area contributed by atoms with Crippen molar-refractivity contribution in [3.05, 3.63) is 58.1 Å². The highest BCUT2D eigenvalue weighted by Crippen LogP contribution is 2.53. The SMILES string of the molecule is CSc1c(Cl)cccc1C(=O)Nc1ccc(C(F)(C(F)(F)F)C(F)(F)F)cc1C. The molecule has 0 heterocycles. The van der Waals surface area contributed by atoms with Crippen LogP contribution in [0.3, 0.4) is 0 Å². The van der Waals surface area contributed by atoms with Gasteiger partial charge in [0.1, 0.15) is 0 Å². The van der Waals surface area contributed by atoms with Gasteiger partial charge in [0.2, 0.25) is 0 Å². The van der Waals surface area contributed by atoms with E-state index in [1.807, 2.05) is 0 Å². The third kappa shape index (κ3) is 4.32. The van der Waals surface area contributed by atoms with E-state index in [0.29, 0.717) is 22.1 Å². The van der Waals surface area contributed by atoms with Gasteiger partial charge >= 0.3 is 18.0 Å². The summed E-state index contributed by atoms with van der Waals surface area (Å²) < 4.78 is 91.5. The zero-order valence-corrected chi connectivity index (χ0v) is 16.4. The van der Waals surface area contributed by atoms with Gasteiger partial charge in [-0.05, 0) is 36.9 Å². The van der Waals surface area contributed by atoms with E-state index in [0.717, 1.165) is 13.0 Å². The molecule has 0 radical (unpaired) electrons. The fourth-order valence-corrected chi connectivity index (χ4v) is 3.64. The van der Waals surface area contributed by atoms with E-state index in [9.17, 15) is 35.5 Å². The summed E-state index contributed by atoms with van der Waals surface area (Å²) in [5, 5.41) is 2.69. The average molecular weight is 460 g/mol. The zero-order valence-electron chi connectivity index (χ0n) is 14.8. The Kier molecular flexibility index (Phi) is 6.49. The van der Waals surface area contributed by atoms with Crippen LogP contribution in [-0.2, 0) is 5.67 Å². The Morgan fingerprint density at radius 3 is 2.07 bits per heavy atom. The van der Waals surface area contributed by atoms with Crippen LogP contribution >= 0.6 is 23.4 Å². The summed E-state index contributed by atoms with van der Waals surface area (Å²) in [7, 11) is 0. The molecule has 0 unspecified atom stereocenters. The molecule has 2 rings (SSSR count). The maximum atomic E-state index is 14.2. The number of carbonyl (C=O) groups excluding carboxylic acids is 1.